The van der Waals surface area contributed by atoms with Gasteiger partial charge in [0.15, 0.2) is 0 Å². The number of furan rings is 1. The van der Waals surface area contributed by atoms with Crippen molar-refractivity contribution in [2.75, 3.05) is 29.9 Å². The second-order valence-electron chi connectivity index (χ2n) is 6.66. The quantitative estimate of drug-likeness (QED) is 0.709. The van der Waals surface area contributed by atoms with E-state index < -0.39 is 0 Å². The van der Waals surface area contributed by atoms with Crippen molar-refractivity contribution in [2.45, 2.75) is 26.8 Å². The lowest BCUT2D eigenvalue weighted by Crippen LogP contribution is -2.23. The summed E-state index contributed by atoms with van der Waals surface area (Å²) in [4.78, 5) is 4.23. The average Bonchev–Trinajstić information content (AvgIpc) is 3.15. The summed E-state index contributed by atoms with van der Waals surface area (Å²) in [6, 6.07) is 6.77. The highest BCUT2D eigenvalue weighted by molar-refractivity contribution is 5.72. The van der Waals surface area contributed by atoms with Gasteiger partial charge in [-0.05, 0) is 44.5 Å². The monoisotopic (exact) mass is 356 g/mol. The molecule has 3 aromatic rings. The van der Waals surface area contributed by atoms with Crippen LogP contribution in [0.4, 0.5) is 15.8 Å². The molecule has 0 unspecified atom stereocenters. The third kappa shape index (κ3) is 3.05. The maximum atomic E-state index is 13.8. The van der Waals surface area contributed by atoms with Gasteiger partial charge >= 0.3 is 0 Å². The molecule has 0 fully saturated rings. The second-order valence-corrected chi connectivity index (χ2v) is 6.66. The number of hydrogen-bond acceptors (Lipinski definition) is 6. The van der Waals surface area contributed by atoms with E-state index in [0.29, 0.717) is 18.3 Å². The Kier molecular flexibility index (Phi) is 4.14. The first-order valence-corrected chi connectivity index (χ1v) is 8.66. The molecule has 0 saturated carbocycles. The fourth-order valence-electron chi connectivity index (χ4n) is 3.41. The Hall–Kier alpha value is -2.83. The molecular formula is C19H21FN4O2. The predicted octanol–water partition coefficient (Wildman–Crippen LogP) is 3.93. The fourth-order valence-corrected chi connectivity index (χ4v) is 3.41. The van der Waals surface area contributed by atoms with E-state index in [4.69, 9.17) is 8.83 Å². The van der Waals surface area contributed by atoms with Crippen molar-refractivity contribution in [1.29, 1.82) is 0 Å². The molecule has 2 aromatic heterocycles. The van der Waals surface area contributed by atoms with Crippen molar-refractivity contribution in [3.05, 3.63) is 47.5 Å². The molecule has 0 aliphatic carbocycles. The Morgan fingerprint density at radius 2 is 1.92 bits per heavy atom. The van der Waals surface area contributed by atoms with Crippen LogP contribution in [0.25, 0.3) is 11.5 Å². The minimum atomic E-state index is -0.250. The highest BCUT2D eigenvalue weighted by atomic mass is 19.1. The first-order chi connectivity index (χ1) is 12.5. The van der Waals surface area contributed by atoms with Crippen LogP contribution in [0.2, 0.25) is 0 Å². The summed E-state index contributed by atoms with van der Waals surface area (Å²) in [7, 11) is 2.02. The number of benzene rings is 1. The molecule has 1 aliphatic heterocycles. The molecule has 6 nitrogen and oxygen atoms in total. The minimum absolute atomic E-state index is 0.250. The highest BCUT2D eigenvalue weighted by Crippen LogP contribution is 2.33. The molecule has 0 N–H and O–H groups in total. The predicted molar refractivity (Wildman–Crippen MR) is 96.8 cm³/mol. The van der Waals surface area contributed by atoms with E-state index in [9.17, 15) is 4.39 Å². The van der Waals surface area contributed by atoms with Gasteiger partial charge in [0.25, 0.3) is 5.89 Å². The molecule has 0 spiro atoms. The molecule has 7 heteroatoms. The van der Waals surface area contributed by atoms with Gasteiger partial charge in [0.05, 0.1) is 23.5 Å². The molecule has 0 atom stereocenters. The Morgan fingerprint density at radius 1 is 1.08 bits per heavy atom. The number of aryl methyl sites for hydroxylation is 2. The maximum absolute atomic E-state index is 13.8. The number of fused-ring (bicyclic) bond motifs is 1. The SMILES string of the molecule is Cc1cc(-c2nnc(CN3CCCN(C)c4ccc(F)cc43)o2)c(C)o1. The Balaban J connectivity index is 1.63. The number of rotatable bonds is 3. The van der Waals surface area contributed by atoms with Crippen molar-refractivity contribution in [2.24, 2.45) is 0 Å². The van der Waals surface area contributed by atoms with Crippen molar-refractivity contribution in [3.8, 4) is 11.5 Å². The lowest BCUT2D eigenvalue weighted by Gasteiger charge is -2.24. The Morgan fingerprint density at radius 3 is 2.69 bits per heavy atom. The minimum Gasteiger partial charge on any atom is -0.466 e. The zero-order valence-corrected chi connectivity index (χ0v) is 15.1. The zero-order valence-electron chi connectivity index (χ0n) is 15.1. The molecule has 26 heavy (non-hydrogen) atoms. The fraction of sp³-hybridized carbons (Fsp3) is 0.368. The van der Waals surface area contributed by atoms with Crippen LogP contribution < -0.4 is 9.80 Å². The van der Waals surface area contributed by atoms with Crippen LogP contribution in [-0.2, 0) is 6.54 Å². The molecule has 3 heterocycles. The van der Waals surface area contributed by atoms with E-state index in [1.807, 2.05) is 33.0 Å². The molecule has 1 aromatic carbocycles. The van der Waals surface area contributed by atoms with Crippen LogP contribution in [0.3, 0.4) is 0 Å². The first kappa shape index (κ1) is 16.6. The molecular weight excluding hydrogens is 335 g/mol. The second kappa shape index (κ2) is 6.48. The van der Waals surface area contributed by atoms with Gasteiger partial charge in [-0.3, -0.25) is 0 Å². The van der Waals surface area contributed by atoms with Crippen molar-refractivity contribution in [1.82, 2.24) is 10.2 Å². The maximum Gasteiger partial charge on any atom is 0.251 e. The van der Waals surface area contributed by atoms with Gasteiger partial charge in [-0.2, -0.15) is 0 Å². The van der Waals surface area contributed by atoms with Gasteiger partial charge in [0.2, 0.25) is 5.89 Å². The van der Waals surface area contributed by atoms with Gasteiger partial charge in [-0.25, -0.2) is 4.39 Å². The third-order valence-electron chi connectivity index (χ3n) is 4.68. The number of halogens is 1. The number of aromatic nitrogens is 2. The van der Waals surface area contributed by atoms with Crippen molar-refractivity contribution in [3.63, 3.8) is 0 Å². The summed E-state index contributed by atoms with van der Waals surface area (Å²) in [5, 5.41) is 8.32. The smallest absolute Gasteiger partial charge is 0.251 e. The first-order valence-electron chi connectivity index (χ1n) is 8.66. The summed E-state index contributed by atoms with van der Waals surface area (Å²) in [5.74, 6) is 2.25. The number of nitrogens with zero attached hydrogens (tertiary/aromatic N) is 4. The number of anilines is 2. The van der Waals surface area contributed by atoms with E-state index in [0.717, 1.165) is 48.0 Å². The van der Waals surface area contributed by atoms with E-state index in [1.165, 1.54) is 6.07 Å². The van der Waals surface area contributed by atoms with Crippen LogP contribution in [0.15, 0.2) is 33.1 Å². The van der Waals surface area contributed by atoms with Crippen LogP contribution in [0.1, 0.15) is 23.8 Å². The molecule has 0 radical (unpaired) electrons. The molecule has 4 rings (SSSR count). The van der Waals surface area contributed by atoms with E-state index >= 15 is 0 Å². The largest absolute Gasteiger partial charge is 0.466 e. The molecule has 136 valence electrons. The molecule has 0 saturated heterocycles. The van der Waals surface area contributed by atoms with Gasteiger partial charge in [-0.15, -0.1) is 10.2 Å². The lowest BCUT2D eigenvalue weighted by molar-refractivity contribution is 0.489. The van der Waals surface area contributed by atoms with E-state index in [-0.39, 0.29) is 5.82 Å². The standard InChI is InChI=1S/C19H21FN4O2/c1-12-9-15(13(2)25-12)19-22-21-18(26-19)11-24-8-4-7-23(3)16-6-5-14(20)10-17(16)24/h5-6,9-10H,4,7-8,11H2,1-3H3. The Bertz CT molecular complexity index is 934. The van der Waals surface area contributed by atoms with Crippen LogP contribution in [-0.4, -0.2) is 30.3 Å². The van der Waals surface area contributed by atoms with Crippen LogP contribution in [0, 0.1) is 19.7 Å². The Labute approximate surface area is 151 Å². The van der Waals surface area contributed by atoms with E-state index in [1.54, 1.807) is 6.07 Å². The normalized spacial score (nSPS) is 14.5. The summed E-state index contributed by atoms with van der Waals surface area (Å²) in [6.45, 7) is 5.90. The van der Waals surface area contributed by atoms with E-state index in [2.05, 4.69) is 20.0 Å². The molecule has 0 amide bonds. The topological polar surface area (TPSA) is 58.5 Å². The van der Waals surface area contributed by atoms with Gasteiger partial charge in [-0.1, -0.05) is 0 Å². The zero-order chi connectivity index (χ0) is 18.3. The van der Waals surface area contributed by atoms with Crippen LogP contribution >= 0.6 is 0 Å². The van der Waals surface area contributed by atoms with Crippen molar-refractivity contribution >= 4 is 11.4 Å². The third-order valence-corrected chi connectivity index (χ3v) is 4.68. The summed E-state index contributed by atoms with van der Waals surface area (Å²) < 4.78 is 25.2. The van der Waals surface area contributed by atoms with Gasteiger partial charge in [0, 0.05) is 20.1 Å². The summed E-state index contributed by atoms with van der Waals surface area (Å²) in [6.07, 6.45) is 0.966. The number of hydrogen-bond donors (Lipinski definition) is 0. The van der Waals surface area contributed by atoms with Crippen molar-refractivity contribution < 1.29 is 13.2 Å². The summed E-state index contributed by atoms with van der Waals surface area (Å²) >= 11 is 0. The highest BCUT2D eigenvalue weighted by Gasteiger charge is 2.22. The van der Waals surface area contributed by atoms with Gasteiger partial charge in [0.1, 0.15) is 17.3 Å². The lowest BCUT2D eigenvalue weighted by atomic mass is 10.2. The summed E-state index contributed by atoms with van der Waals surface area (Å²) in [5.41, 5.74) is 2.66. The average molecular weight is 356 g/mol. The molecule has 1 aliphatic rings. The van der Waals surface area contributed by atoms with Gasteiger partial charge < -0.3 is 18.6 Å². The molecule has 0 bridgehead atoms. The van der Waals surface area contributed by atoms with Crippen LogP contribution in [0.5, 0.6) is 0 Å².